The van der Waals surface area contributed by atoms with Crippen LogP contribution in [0, 0.1) is 5.92 Å². The van der Waals surface area contributed by atoms with Crippen molar-refractivity contribution in [2.45, 2.75) is 51.2 Å². The van der Waals surface area contributed by atoms with Crippen molar-refractivity contribution in [1.29, 1.82) is 0 Å². The number of esters is 1. The van der Waals surface area contributed by atoms with Crippen LogP contribution in [-0.2, 0) is 27.3 Å². The second-order valence-electron chi connectivity index (χ2n) is 12.6. The molecule has 1 unspecified atom stereocenters. The molecule has 11 heteroatoms. The molecule has 0 N–H and O–H groups in total. The van der Waals surface area contributed by atoms with Crippen LogP contribution in [0.15, 0.2) is 48.6 Å². The van der Waals surface area contributed by atoms with Gasteiger partial charge in [-0.1, -0.05) is 35.9 Å². The van der Waals surface area contributed by atoms with E-state index in [0.29, 0.717) is 31.7 Å². The average Bonchev–Trinajstić information content (AvgIpc) is 3.65. The third-order valence-corrected chi connectivity index (χ3v) is 9.81. The number of amides is 1. The van der Waals surface area contributed by atoms with Gasteiger partial charge in [-0.2, -0.15) is 4.98 Å². The minimum absolute atomic E-state index is 0.0344. The molecule has 2 fully saturated rings. The summed E-state index contributed by atoms with van der Waals surface area (Å²) in [5.41, 5.74) is 3.14. The van der Waals surface area contributed by atoms with Crippen molar-refractivity contribution in [2.24, 2.45) is 5.92 Å². The van der Waals surface area contributed by atoms with Gasteiger partial charge in [-0.25, -0.2) is 9.37 Å². The summed E-state index contributed by atoms with van der Waals surface area (Å²) in [6, 6.07) is 13.1. The lowest BCUT2D eigenvalue weighted by Crippen LogP contribution is -2.33. The molecule has 0 spiro atoms. The standard InChI is InChI=1S/C35H42ClN6O4/c1-23-18-24(20-42(23)31(43)13-14-32(44)45-4)19-40(3)34-27-15-17-41(30-12-6-9-25-8-5-11-28(36)33(25)30)21-29(27)37-35(38-34)46-22-26-10-7-16-39(26)2/h5-6,8-9,11-14,19,23-24,26H,7,10,15-18,20-22H2,1-4H3/q+1/b14-13+,40-19?/t23-,24?,26-/m0/s1. The number of hydrogen-bond donors (Lipinski definition) is 0. The maximum absolute atomic E-state index is 12.8. The maximum Gasteiger partial charge on any atom is 0.434 e. The first-order valence-electron chi connectivity index (χ1n) is 16.0. The number of rotatable bonds is 8. The van der Waals surface area contributed by atoms with E-state index in [1.54, 1.807) is 4.90 Å². The van der Waals surface area contributed by atoms with Crippen LogP contribution in [0.5, 0.6) is 6.01 Å². The Morgan fingerprint density at radius 2 is 1.93 bits per heavy atom. The summed E-state index contributed by atoms with van der Waals surface area (Å²) >= 11 is 6.71. The van der Waals surface area contributed by atoms with Gasteiger partial charge in [0.05, 0.1) is 43.2 Å². The maximum atomic E-state index is 12.8. The van der Waals surface area contributed by atoms with E-state index >= 15 is 0 Å². The summed E-state index contributed by atoms with van der Waals surface area (Å²) in [5, 5.41) is 2.89. The van der Waals surface area contributed by atoms with Crippen molar-refractivity contribution < 1.29 is 23.6 Å². The van der Waals surface area contributed by atoms with Gasteiger partial charge in [0.2, 0.25) is 5.91 Å². The van der Waals surface area contributed by atoms with Crippen LogP contribution in [0.25, 0.3) is 10.8 Å². The number of halogens is 1. The van der Waals surface area contributed by atoms with E-state index in [0.717, 1.165) is 70.9 Å². The molecule has 3 aromatic rings. The topological polar surface area (TPSA) is 91.1 Å². The number of ether oxygens (including phenoxy) is 2. The van der Waals surface area contributed by atoms with E-state index in [1.165, 1.54) is 25.7 Å². The predicted molar refractivity (Wildman–Crippen MR) is 179 cm³/mol. The Kier molecular flexibility index (Phi) is 9.56. The van der Waals surface area contributed by atoms with Crippen molar-refractivity contribution in [2.75, 3.05) is 52.3 Å². The molecule has 6 rings (SSSR count). The third-order valence-electron chi connectivity index (χ3n) is 9.49. The number of anilines is 1. The zero-order chi connectivity index (χ0) is 32.4. The van der Waals surface area contributed by atoms with Crippen LogP contribution < -0.4 is 9.64 Å². The van der Waals surface area contributed by atoms with Crippen molar-refractivity contribution in [3.63, 3.8) is 0 Å². The average molecular weight is 646 g/mol. The Hall–Kier alpha value is -4.02. The van der Waals surface area contributed by atoms with Gasteiger partial charge in [0, 0.05) is 65.7 Å². The van der Waals surface area contributed by atoms with Gasteiger partial charge in [-0.15, -0.1) is 0 Å². The molecule has 3 aliphatic heterocycles. The van der Waals surface area contributed by atoms with Gasteiger partial charge < -0.3 is 24.2 Å². The normalized spacial score (nSPS) is 22.1. The predicted octanol–water partition coefficient (Wildman–Crippen LogP) is 4.63. The van der Waals surface area contributed by atoms with Crippen LogP contribution in [0.2, 0.25) is 5.02 Å². The molecule has 0 radical (unpaired) electrons. The summed E-state index contributed by atoms with van der Waals surface area (Å²) in [4.78, 5) is 40.7. The molecule has 3 atom stereocenters. The fraction of sp³-hybridized carbons (Fsp3) is 0.457. The molecular formula is C35H42ClN6O4+. The lowest BCUT2D eigenvalue weighted by Gasteiger charge is -2.31. The van der Waals surface area contributed by atoms with Crippen molar-refractivity contribution >= 4 is 52.0 Å². The van der Waals surface area contributed by atoms with Crippen LogP contribution in [0.1, 0.15) is 37.4 Å². The number of likely N-dealkylation sites (N-methyl/N-ethyl adjacent to an activating group) is 1. The molecule has 3 aliphatic rings. The number of hydrogen-bond acceptors (Lipinski definition) is 8. The van der Waals surface area contributed by atoms with Crippen molar-refractivity contribution in [3.8, 4) is 6.01 Å². The number of aromatic nitrogens is 2. The molecule has 2 saturated heterocycles. The van der Waals surface area contributed by atoms with E-state index in [1.807, 2.05) is 26.1 Å². The van der Waals surface area contributed by atoms with Gasteiger partial charge in [0.15, 0.2) is 0 Å². The van der Waals surface area contributed by atoms with E-state index in [9.17, 15) is 9.59 Å². The van der Waals surface area contributed by atoms with E-state index < -0.39 is 5.97 Å². The smallest absolute Gasteiger partial charge is 0.434 e. The highest BCUT2D eigenvalue weighted by atomic mass is 35.5. The minimum Gasteiger partial charge on any atom is -0.466 e. The summed E-state index contributed by atoms with van der Waals surface area (Å²) in [7, 11) is 5.45. The van der Waals surface area contributed by atoms with Gasteiger partial charge in [0.1, 0.15) is 6.61 Å². The van der Waals surface area contributed by atoms with Crippen molar-refractivity contribution in [1.82, 2.24) is 19.8 Å². The minimum atomic E-state index is -0.545. The number of nitrogens with zero attached hydrogens (tertiary/aromatic N) is 6. The highest BCUT2D eigenvalue weighted by Crippen LogP contribution is 2.37. The fourth-order valence-corrected chi connectivity index (χ4v) is 7.31. The Morgan fingerprint density at radius 3 is 2.70 bits per heavy atom. The Bertz CT molecular complexity index is 1690. The molecule has 46 heavy (non-hydrogen) atoms. The highest BCUT2D eigenvalue weighted by Gasteiger charge is 2.34. The Labute approximate surface area is 275 Å². The van der Waals surface area contributed by atoms with Gasteiger partial charge in [-0.05, 0) is 57.3 Å². The Morgan fingerprint density at radius 1 is 1.13 bits per heavy atom. The highest BCUT2D eigenvalue weighted by molar-refractivity contribution is 6.36. The summed E-state index contributed by atoms with van der Waals surface area (Å²) in [5.74, 6) is 0.210. The van der Waals surface area contributed by atoms with Gasteiger partial charge >= 0.3 is 17.8 Å². The number of fused-ring (bicyclic) bond motifs is 2. The SMILES string of the molecule is COC(=O)/C=C/C(=O)N1CC(C=[N+](C)c2nc(OC[C@@H]3CCCN3C)nc3c2CCN(c2cccc4cccc(Cl)c24)C3)C[C@@H]1C. The zero-order valence-electron chi connectivity index (χ0n) is 27.0. The van der Waals surface area contributed by atoms with E-state index in [4.69, 9.17) is 26.3 Å². The van der Waals surface area contributed by atoms with Gasteiger partial charge in [-0.3, -0.25) is 4.79 Å². The van der Waals surface area contributed by atoms with Crippen LogP contribution >= 0.6 is 11.6 Å². The van der Waals surface area contributed by atoms with E-state index in [2.05, 4.69) is 56.6 Å². The first kappa shape index (κ1) is 31.9. The monoisotopic (exact) mass is 645 g/mol. The van der Waals surface area contributed by atoms with Crippen LogP contribution in [-0.4, -0.2) is 102 Å². The molecule has 1 amide bonds. The summed E-state index contributed by atoms with van der Waals surface area (Å²) < 4.78 is 13.0. The molecule has 2 aromatic carbocycles. The molecular weight excluding hydrogens is 604 g/mol. The molecule has 1 aromatic heterocycles. The van der Waals surface area contributed by atoms with Crippen LogP contribution in [0.4, 0.5) is 11.5 Å². The Balaban J connectivity index is 1.29. The van der Waals surface area contributed by atoms with E-state index in [-0.39, 0.29) is 17.9 Å². The zero-order valence-corrected chi connectivity index (χ0v) is 27.7. The lowest BCUT2D eigenvalue weighted by molar-refractivity contribution is -0.407. The third kappa shape index (κ3) is 6.73. The summed E-state index contributed by atoms with van der Waals surface area (Å²) in [6.45, 7) is 5.60. The molecule has 0 bridgehead atoms. The largest absolute Gasteiger partial charge is 0.466 e. The first-order valence-corrected chi connectivity index (χ1v) is 16.4. The van der Waals surface area contributed by atoms with Crippen LogP contribution in [0.3, 0.4) is 0 Å². The number of carbonyl (C=O) groups excluding carboxylic acids is 2. The lowest BCUT2D eigenvalue weighted by atomic mass is 10.0. The second-order valence-corrected chi connectivity index (χ2v) is 13.0. The number of likely N-dealkylation sites (tertiary alicyclic amines) is 2. The molecule has 10 nitrogen and oxygen atoms in total. The fourth-order valence-electron chi connectivity index (χ4n) is 7.03. The second kappa shape index (κ2) is 13.8. The molecule has 4 heterocycles. The number of carbonyl (C=O) groups is 2. The molecule has 0 aliphatic carbocycles. The quantitative estimate of drug-likeness (QED) is 0.152. The van der Waals surface area contributed by atoms with Crippen molar-refractivity contribution in [3.05, 3.63) is 64.8 Å². The molecule has 242 valence electrons. The number of benzene rings is 2. The molecule has 0 saturated carbocycles. The number of methoxy groups -OCH3 is 1. The first-order chi connectivity index (χ1) is 22.2. The summed E-state index contributed by atoms with van der Waals surface area (Å²) in [6.07, 6.45) is 8.45. The van der Waals surface area contributed by atoms with Gasteiger partial charge in [0.25, 0.3) is 0 Å².